The van der Waals surface area contributed by atoms with E-state index in [1.807, 2.05) is 0 Å². The average Bonchev–Trinajstić information content (AvgIpc) is 1.83. The van der Waals surface area contributed by atoms with Crippen molar-refractivity contribution in [3.8, 4) is 0 Å². The van der Waals surface area contributed by atoms with Gasteiger partial charge in [0, 0.05) is 0 Å². The fraction of sp³-hybridized carbons (Fsp3) is 1.00. The van der Waals surface area contributed by atoms with Crippen molar-refractivity contribution in [3.05, 3.63) is 0 Å². The fourth-order valence-electron chi connectivity index (χ4n) is 3.10. The molecule has 1 rings (SSSR count). The highest BCUT2D eigenvalue weighted by Crippen LogP contribution is 2.49. The highest BCUT2D eigenvalue weighted by molar-refractivity contribution is 4.89. The van der Waals surface area contributed by atoms with Crippen molar-refractivity contribution < 1.29 is 0 Å². The molecule has 0 bridgehead atoms. The van der Waals surface area contributed by atoms with E-state index in [-0.39, 0.29) is 0 Å². The minimum absolute atomic E-state index is 0.504. The summed E-state index contributed by atoms with van der Waals surface area (Å²) in [5, 5.41) is 0. The van der Waals surface area contributed by atoms with Gasteiger partial charge in [-0.3, -0.25) is 0 Å². The third kappa shape index (κ3) is 2.02. The van der Waals surface area contributed by atoms with E-state index in [1.165, 1.54) is 25.7 Å². The molecule has 1 aliphatic rings. The number of hydrogen-bond donors (Lipinski definition) is 0. The Balaban J connectivity index is 2.73. The molecule has 0 spiro atoms. The van der Waals surface area contributed by atoms with Gasteiger partial charge in [-0.05, 0) is 29.6 Å². The van der Waals surface area contributed by atoms with Crippen LogP contribution in [0.5, 0.6) is 0 Å². The molecule has 0 aromatic carbocycles. The number of hydrogen-bond acceptors (Lipinski definition) is 0. The Morgan fingerprint density at radius 2 is 1.67 bits per heavy atom. The summed E-state index contributed by atoms with van der Waals surface area (Å²) >= 11 is 0. The van der Waals surface area contributed by atoms with Gasteiger partial charge in [-0.1, -0.05) is 47.5 Å². The van der Waals surface area contributed by atoms with Gasteiger partial charge in [0.05, 0.1) is 0 Å². The Labute approximate surface area is 77.7 Å². The van der Waals surface area contributed by atoms with Gasteiger partial charge in [-0.15, -0.1) is 0 Å². The lowest BCUT2D eigenvalue weighted by Gasteiger charge is -2.46. The van der Waals surface area contributed by atoms with E-state index in [0.29, 0.717) is 10.8 Å². The zero-order valence-corrected chi connectivity index (χ0v) is 9.41. The van der Waals surface area contributed by atoms with Gasteiger partial charge < -0.3 is 0 Å². The second-order valence-corrected chi connectivity index (χ2v) is 6.15. The minimum Gasteiger partial charge on any atom is -0.0599 e. The number of rotatable bonds is 0. The first-order chi connectivity index (χ1) is 5.34. The summed E-state index contributed by atoms with van der Waals surface area (Å²) in [5.41, 5.74) is 1.08. The maximum atomic E-state index is 2.45. The second-order valence-electron chi connectivity index (χ2n) is 6.15. The van der Waals surface area contributed by atoms with Crippen LogP contribution in [0.15, 0.2) is 0 Å². The predicted molar refractivity (Wildman–Crippen MR) is 55.2 cm³/mol. The van der Waals surface area contributed by atoms with E-state index in [0.717, 1.165) is 5.92 Å². The summed E-state index contributed by atoms with van der Waals surface area (Å²) in [7, 11) is 0. The first kappa shape index (κ1) is 10.1. The predicted octanol–water partition coefficient (Wildman–Crippen LogP) is 4.25. The smallest absolute Gasteiger partial charge is 0.0314 e. The van der Waals surface area contributed by atoms with Crippen molar-refractivity contribution in [2.75, 3.05) is 0 Å². The normalized spacial score (nSPS) is 30.2. The van der Waals surface area contributed by atoms with Crippen molar-refractivity contribution in [1.82, 2.24) is 0 Å². The summed E-state index contributed by atoms with van der Waals surface area (Å²) in [6.07, 6.45) is 5.76. The Morgan fingerprint density at radius 1 is 1.08 bits per heavy atom. The molecule has 0 radical (unpaired) electrons. The van der Waals surface area contributed by atoms with Gasteiger partial charge >= 0.3 is 0 Å². The molecule has 1 atom stereocenters. The van der Waals surface area contributed by atoms with Crippen LogP contribution >= 0.6 is 0 Å². The molecular weight excluding hydrogens is 144 g/mol. The van der Waals surface area contributed by atoms with Crippen molar-refractivity contribution in [1.29, 1.82) is 0 Å². The van der Waals surface area contributed by atoms with Gasteiger partial charge in [-0.2, -0.15) is 0 Å². The Bertz CT molecular complexity index is 148. The summed E-state index contributed by atoms with van der Waals surface area (Å²) < 4.78 is 0. The zero-order chi connectivity index (χ0) is 9.41. The maximum absolute atomic E-state index is 2.45. The highest BCUT2D eigenvalue weighted by atomic mass is 14.4. The molecule has 0 heterocycles. The van der Waals surface area contributed by atoms with Crippen LogP contribution in [0.2, 0.25) is 0 Å². The average molecular weight is 168 g/mol. The monoisotopic (exact) mass is 168 g/mol. The van der Waals surface area contributed by atoms with Gasteiger partial charge in [0.2, 0.25) is 0 Å². The summed E-state index contributed by atoms with van der Waals surface area (Å²) in [5.74, 6) is 0.916. The lowest BCUT2D eigenvalue weighted by Crippen LogP contribution is -2.36. The van der Waals surface area contributed by atoms with Gasteiger partial charge in [0.1, 0.15) is 0 Å². The molecule has 1 aliphatic carbocycles. The third-order valence-electron chi connectivity index (χ3n) is 3.55. The van der Waals surface area contributed by atoms with Crippen LogP contribution in [-0.2, 0) is 0 Å². The van der Waals surface area contributed by atoms with Crippen LogP contribution in [0.4, 0.5) is 0 Å². The molecule has 1 saturated carbocycles. The molecule has 0 aromatic heterocycles. The van der Waals surface area contributed by atoms with E-state index < -0.39 is 0 Å². The molecule has 0 N–H and O–H groups in total. The standard InChI is InChI=1S/C12H24/c1-11(2,3)10-8-6-7-9-12(10,4)5/h10H,6-9H2,1-5H3/t10-/m0/s1. The SMILES string of the molecule is CC(C)(C)[C@@H]1CCCCC1(C)C. The second kappa shape index (κ2) is 3.05. The van der Waals surface area contributed by atoms with Crippen LogP contribution in [0.3, 0.4) is 0 Å². The molecule has 0 saturated heterocycles. The molecule has 12 heavy (non-hydrogen) atoms. The molecule has 1 fully saturated rings. The lowest BCUT2D eigenvalue weighted by molar-refractivity contribution is 0.0413. The summed E-state index contributed by atoms with van der Waals surface area (Å²) in [4.78, 5) is 0. The topological polar surface area (TPSA) is 0 Å². The van der Waals surface area contributed by atoms with Crippen molar-refractivity contribution >= 4 is 0 Å². The van der Waals surface area contributed by atoms with Crippen molar-refractivity contribution in [3.63, 3.8) is 0 Å². The van der Waals surface area contributed by atoms with Crippen LogP contribution < -0.4 is 0 Å². The van der Waals surface area contributed by atoms with E-state index >= 15 is 0 Å². The quantitative estimate of drug-likeness (QED) is 0.507. The van der Waals surface area contributed by atoms with Crippen LogP contribution in [0.25, 0.3) is 0 Å². The Morgan fingerprint density at radius 3 is 2.00 bits per heavy atom. The largest absolute Gasteiger partial charge is 0.0599 e. The van der Waals surface area contributed by atoms with Crippen molar-refractivity contribution in [2.45, 2.75) is 60.3 Å². The van der Waals surface area contributed by atoms with Crippen LogP contribution in [-0.4, -0.2) is 0 Å². The van der Waals surface area contributed by atoms with Crippen molar-refractivity contribution in [2.24, 2.45) is 16.7 Å². The first-order valence-corrected chi connectivity index (χ1v) is 5.34. The molecule has 0 aliphatic heterocycles. The van der Waals surface area contributed by atoms with E-state index in [2.05, 4.69) is 34.6 Å². The zero-order valence-electron chi connectivity index (χ0n) is 9.41. The molecule has 0 amide bonds. The molecule has 0 aromatic rings. The molecule has 72 valence electrons. The summed E-state index contributed by atoms with van der Waals surface area (Å²) in [6, 6.07) is 0. The van der Waals surface area contributed by atoms with E-state index in [9.17, 15) is 0 Å². The van der Waals surface area contributed by atoms with Crippen LogP contribution in [0.1, 0.15) is 60.3 Å². The molecule has 0 unspecified atom stereocenters. The molecule has 0 nitrogen and oxygen atoms in total. The fourth-order valence-corrected chi connectivity index (χ4v) is 3.10. The summed E-state index contributed by atoms with van der Waals surface area (Å²) in [6.45, 7) is 12.1. The van der Waals surface area contributed by atoms with Gasteiger partial charge in [0.25, 0.3) is 0 Å². The maximum Gasteiger partial charge on any atom is -0.0314 e. The van der Waals surface area contributed by atoms with Gasteiger partial charge in [0.15, 0.2) is 0 Å². The van der Waals surface area contributed by atoms with Gasteiger partial charge in [-0.25, -0.2) is 0 Å². The third-order valence-corrected chi connectivity index (χ3v) is 3.55. The Kier molecular flexibility index (Phi) is 2.56. The minimum atomic E-state index is 0.504. The lowest BCUT2D eigenvalue weighted by atomic mass is 9.59. The Hall–Kier alpha value is 0. The van der Waals surface area contributed by atoms with Crippen LogP contribution in [0, 0.1) is 16.7 Å². The highest BCUT2D eigenvalue weighted by Gasteiger charge is 2.39. The first-order valence-electron chi connectivity index (χ1n) is 5.34. The van der Waals surface area contributed by atoms with E-state index in [4.69, 9.17) is 0 Å². The van der Waals surface area contributed by atoms with E-state index in [1.54, 1.807) is 0 Å². The molecular formula is C12H24. The molecule has 0 heteroatoms.